The van der Waals surface area contributed by atoms with Crippen LogP contribution in [0, 0.1) is 11.8 Å². The van der Waals surface area contributed by atoms with Crippen LogP contribution in [0.25, 0.3) is 0 Å². The van der Waals surface area contributed by atoms with Crippen LogP contribution in [-0.4, -0.2) is 155 Å². The SMILES string of the molecule is CNC(=O)OCc1ccc(NC(=O)[C@H](CCCNC(N)=O)CC(=O)[C@@H](NC(=O)CN(C)C)C(C)C)cc1OCCOCCNC(=O)CCN1C(=O)C=C(SC[C@H](NC(C)=O)OC=O)C1=O. The number of carbonyl (C=O) groups is 10. The van der Waals surface area contributed by atoms with Crippen molar-refractivity contribution in [2.75, 3.05) is 78.2 Å². The van der Waals surface area contributed by atoms with Crippen LogP contribution in [-0.2, 0) is 59.2 Å². The molecule has 65 heavy (non-hydrogen) atoms. The lowest BCUT2D eigenvalue weighted by Crippen LogP contribution is -2.48. The van der Waals surface area contributed by atoms with Crippen LogP contribution >= 0.6 is 11.8 Å². The molecule has 1 heterocycles. The second kappa shape index (κ2) is 29.2. The second-order valence-electron chi connectivity index (χ2n) is 15.1. The number of hydrogen-bond donors (Lipinski definition) is 7. The highest BCUT2D eigenvalue weighted by Gasteiger charge is 2.33. The van der Waals surface area contributed by atoms with Crippen molar-refractivity contribution in [3.63, 3.8) is 0 Å². The summed E-state index contributed by atoms with van der Waals surface area (Å²) in [6.07, 6.45) is -0.445. The molecule has 0 radical (unpaired) electrons. The van der Waals surface area contributed by atoms with E-state index in [2.05, 4.69) is 31.9 Å². The number of nitrogens with two attached hydrogens (primary N) is 1. The van der Waals surface area contributed by atoms with Gasteiger partial charge in [0.25, 0.3) is 18.3 Å². The third kappa shape index (κ3) is 21.3. The predicted molar refractivity (Wildman–Crippen MR) is 236 cm³/mol. The molecule has 24 heteroatoms. The first-order valence-electron chi connectivity index (χ1n) is 20.7. The van der Waals surface area contributed by atoms with E-state index in [1.165, 1.54) is 20.0 Å². The molecule has 3 atom stereocenters. The first-order valence-corrected chi connectivity index (χ1v) is 21.7. The number of anilines is 1. The number of urea groups is 1. The first kappa shape index (κ1) is 54.9. The summed E-state index contributed by atoms with van der Waals surface area (Å²) >= 11 is 0.914. The van der Waals surface area contributed by atoms with E-state index in [1.807, 2.05) is 0 Å². The summed E-state index contributed by atoms with van der Waals surface area (Å²) in [7, 11) is 4.85. The molecule has 0 aromatic heterocycles. The van der Waals surface area contributed by atoms with Crippen LogP contribution in [0.5, 0.6) is 5.75 Å². The molecule has 0 fully saturated rings. The van der Waals surface area contributed by atoms with E-state index < -0.39 is 59.8 Å². The average molecular weight is 936 g/mol. The summed E-state index contributed by atoms with van der Waals surface area (Å²) < 4.78 is 21.5. The Morgan fingerprint density at radius 1 is 0.969 bits per heavy atom. The number of hydrogen-bond acceptors (Lipinski definition) is 16. The number of amides is 9. The van der Waals surface area contributed by atoms with Crippen molar-refractivity contribution in [1.82, 2.24) is 36.4 Å². The zero-order valence-electron chi connectivity index (χ0n) is 37.5. The minimum absolute atomic E-state index is 0.00218. The van der Waals surface area contributed by atoms with Crippen molar-refractivity contribution >= 4 is 77.3 Å². The van der Waals surface area contributed by atoms with Gasteiger partial charge in [-0.2, -0.15) is 0 Å². The Morgan fingerprint density at radius 3 is 2.35 bits per heavy atom. The molecule has 23 nitrogen and oxygen atoms in total. The molecule has 0 aliphatic carbocycles. The van der Waals surface area contributed by atoms with Gasteiger partial charge in [0.2, 0.25) is 23.6 Å². The number of Topliss-reactive ketones (excluding diaryl/α,β-unsaturated/α-hetero) is 1. The van der Waals surface area contributed by atoms with Gasteiger partial charge < -0.3 is 61.5 Å². The van der Waals surface area contributed by atoms with Crippen LogP contribution in [0.4, 0.5) is 15.3 Å². The number of rotatable bonds is 31. The summed E-state index contributed by atoms with van der Waals surface area (Å²) in [5.74, 6) is -4.21. The Morgan fingerprint density at radius 2 is 1.71 bits per heavy atom. The number of primary amides is 1. The molecule has 0 unspecified atom stereocenters. The maximum absolute atomic E-state index is 13.7. The summed E-state index contributed by atoms with van der Waals surface area (Å²) in [5.41, 5.74) is 5.94. The second-order valence-corrected chi connectivity index (χ2v) is 16.1. The molecule has 1 aliphatic heterocycles. The molecule has 1 aliphatic rings. The van der Waals surface area contributed by atoms with E-state index in [9.17, 15) is 47.9 Å². The summed E-state index contributed by atoms with van der Waals surface area (Å²) in [5, 5.41) is 15.4. The lowest BCUT2D eigenvalue weighted by molar-refractivity contribution is -0.138. The number of thioether (sulfide) groups is 1. The van der Waals surface area contributed by atoms with Gasteiger partial charge in [0.15, 0.2) is 12.0 Å². The smallest absolute Gasteiger partial charge is 0.407 e. The zero-order chi connectivity index (χ0) is 48.5. The summed E-state index contributed by atoms with van der Waals surface area (Å²) in [4.78, 5) is 125. The fourth-order valence-corrected chi connectivity index (χ4v) is 6.89. The fraction of sp³-hybridized carbons (Fsp3) is 0.561. The Labute approximate surface area is 381 Å². The highest BCUT2D eigenvalue weighted by Crippen LogP contribution is 2.27. The topological polar surface area (TPSA) is 312 Å². The molecule has 0 spiro atoms. The molecule has 0 bridgehead atoms. The number of nitrogens with one attached hydrogen (secondary N) is 6. The minimum atomic E-state index is -1.01. The standard InChI is InChI=1S/C41H61N9O14S/c1-25(2)37(48-34(55)21-49(5)6)30(53)18-27(8-7-12-45-40(42)59)38(57)47-29-10-9-28(22-63-41(60)43-4)31(19-29)62-17-16-61-15-13-44-33(54)11-14-50-36(56)20-32(39(50)58)65-23-35(64-24-51)46-26(3)52/h9-10,19-20,24-25,27,35,37H,7-8,11-18,21-23H2,1-6H3,(H,43,60)(H,44,54)(H,46,52)(H,47,57)(H,48,55)(H3,42,45,59)/t27-,35-,37+/m1/s1. The molecular formula is C41H61N9O14S. The van der Waals surface area contributed by atoms with Crippen molar-refractivity contribution < 1.29 is 66.9 Å². The summed E-state index contributed by atoms with van der Waals surface area (Å²) in [6.45, 7) is 5.05. The van der Waals surface area contributed by atoms with Crippen molar-refractivity contribution in [2.24, 2.45) is 17.6 Å². The van der Waals surface area contributed by atoms with Gasteiger partial charge >= 0.3 is 12.1 Å². The maximum Gasteiger partial charge on any atom is 0.407 e. The third-order valence-corrected chi connectivity index (χ3v) is 10.2. The van der Waals surface area contributed by atoms with Crippen molar-refractivity contribution in [3.05, 3.63) is 34.7 Å². The van der Waals surface area contributed by atoms with E-state index in [-0.39, 0.29) is 112 Å². The molecular weight excluding hydrogens is 875 g/mol. The molecule has 9 amide bonds. The molecule has 360 valence electrons. The number of benzene rings is 1. The Bertz CT molecular complexity index is 1880. The molecule has 1 aromatic rings. The van der Waals surface area contributed by atoms with Gasteiger partial charge in [-0.25, -0.2) is 9.59 Å². The number of alkyl carbamates (subject to hydrolysis) is 1. The van der Waals surface area contributed by atoms with Crippen LogP contribution < -0.4 is 42.4 Å². The number of ketones is 1. The number of carbonyl (C=O) groups excluding carboxylic acids is 10. The van der Waals surface area contributed by atoms with E-state index in [0.29, 0.717) is 17.7 Å². The third-order valence-electron chi connectivity index (χ3n) is 9.10. The molecule has 8 N–H and O–H groups in total. The molecule has 0 saturated carbocycles. The van der Waals surface area contributed by atoms with Crippen LogP contribution in [0.3, 0.4) is 0 Å². The minimum Gasteiger partial charge on any atom is -0.491 e. The largest absolute Gasteiger partial charge is 0.491 e. The van der Waals surface area contributed by atoms with Gasteiger partial charge in [-0.1, -0.05) is 13.8 Å². The van der Waals surface area contributed by atoms with E-state index >= 15 is 0 Å². The van der Waals surface area contributed by atoms with Gasteiger partial charge in [0, 0.05) is 75.8 Å². The molecule has 0 saturated heterocycles. The normalized spacial score (nSPS) is 13.5. The number of nitrogens with zero attached hydrogens (tertiary/aromatic N) is 2. The van der Waals surface area contributed by atoms with Crippen molar-refractivity contribution in [1.29, 1.82) is 0 Å². The van der Waals surface area contributed by atoms with E-state index in [0.717, 1.165) is 22.7 Å². The number of likely N-dealkylation sites (N-methyl/N-ethyl adjacent to an activating group) is 1. The molecule has 1 aromatic carbocycles. The van der Waals surface area contributed by atoms with Gasteiger partial charge in [-0.3, -0.25) is 43.3 Å². The van der Waals surface area contributed by atoms with Gasteiger partial charge in [0.1, 0.15) is 19.0 Å². The maximum atomic E-state index is 13.7. The van der Waals surface area contributed by atoms with Gasteiger partial charge in [-0.15, -0.1) is 11.8 Å². The quantitative estimate of drug-likeness (QED) is 0.0218. The lowest BCUT2D eigenvalue weighted by atomic mass is 9.89. The van der Waals surface area contributed by atoms with Gasteiger partial charge in [-0.05, 0) is 45.0 Å². The highest BCUT2D eigenvalue weighted by molar-refractivity contribution is 8.04. The highest BCUT2D eigenvalue weighted by atomic mass is 32.2. The Hall–Kier alpha value is -6.27. The van der Waals surface area contributed by atoms with Gasteiger partial charge in [0.05, 0.1) is 36.5 Å². The van der Waals surface area contributed by atoms with Crippen molar-refractivity contribution in [3.8, 4) is 5.75 Å². The predicted octanol–water partition coefficient (Wildman–Crippen LogP) is -0.270. The summed E-state index contributed by atoms with van der Waals surface area (Å²) in [6, 6.07) is 3.10. The van der Waals surface area contributed by atoms with Crippen molar-refractivity contribution in [2.45, 2.75) is 65.3 Å². The first-order chi connectivity index (χ1) is 30.8. The number of ether oxygens (including phenoxy) is 4. The van der Waals surface area contributed by atoms with Crippen LogP contribution in [0.15, 0.2) is 29.2 Å². The Kier molecular flexibility index (Phi) is 24.7. The Balaban J connectivity index is 1.98. The average Bonchev–Trinajstić information content (AvgIpc) is 3.51. The van der Waals surface area contributed by atoms with Crippen LogP contribution in [0.1, 0.15) is 52.0 Å². The monoisotopic (exact) mass is 935 g/mol. The number of imide groups is 1. The fourth-order valence-electron chi connectivity index (χ4n) is 5.98. The van der Waals surface area contributed by atoms with Crippen LogP contribution in [0.2, 0.25) is 0 Å². The lowest BCUT2D eigenvalue weighted by Gasteiger charge is -2.24. The molecule has 2 rings (SSSR count). The zero-order valence-corrected chi connectivity index (χ0v) is 38.3. The van der Waals surface area contributed by atoms with E-state index in [1.54, 1.807) is 45.0 Å². The van der Waals surface area contributed by atoms with E-state index in [4.69, 9.17) is 24.7 Å².